The molecule has 18 heavy (non-hydrogen) atoms. The fraction of sp³-hybridized carbons (Fsp3) is 0.231. The molecule has 1 aromatic heterocycles. The van der Waals surface area contributed by atoms with E-state index < -0.39 is 0 Å². The van der Waals surface area contributed by atoms with Gasteiger partial charge in [0.1, 0.15) is 12.4 Å². The van der Waals surface area contributed by atoms with Crippen LogP contribution < -0.4 is 10.1 Å². The molecule has 1 heterocycles. The molecule has 2 aromatic rings. The van der Waals surface area contributed by atoms with E-state index in [-0.39, 0.29) is 12.4 Å². The lowest BCUT2D eigenvalue weighted by atomic mass is 10.2. The van der Waals surface area contributed by atoms with Crippen LogP contribution in [0.25, 0.3) is 0 Å². The first-order chi connectivity index (χ1) is 8.79. The molecule has 0 fully saturated rings. The highest BCUT2D eigenvalue weighted by atomic mass is 19.1. The van der Waals surface area contributed by atoms with Crippen LogP contribution in [0, 0.1) is 5.82 Å². The Labute approximate surface area is 105 Å². The highest BCUT2D eigenvalue weighted by molar-refractivity contribution is 5.18. The smallest absolute Gasteiger partial charge is 0.233 e. The molecule has 2 rings (SSSR count). The molecule has 0 aliphatic carbocycles. The Hall–Kier alpha value is -2.01. The van der Waals surface area contributed by atoms with Crippen molar-refractivity contribution in [2.75, 3.05) is 7.05 Å². The third kappa shape index (κ3) is 3.24. The number of hydrogen-bond donors (Lipinski definition) is 1. The summed E-state index contributed by atoms with van der Waals surface area (Å²) in [6.45, 7) is 0.799. The molecule has 0 saturated carbocycles. The summed E-state index contributed by atoms with van der Waals surface area (Å²) in [5, 5.41) is 10.9. The number of aromatic nitrogens is 2. The lowest BCUT2D eigenvalue weighted by Gasteiger charge is -2.06. The maximum Gasteiger partial charge on any atom is 0.233 e. The maximum absolute atomic E-state index is 13.3. The largest absolute Gasteiger partial charge is 0.472 e. The van der Waals surface area contributed by atoms with Crippen molar-refractivity contribution in [2.24, 2.45) is 0 Å². The molecule has 4 nitrogen and oxygen atoms in total. The van der Waals surface area contributed by atoms with Crippen LogP contribution in [0.5, 0.6) is 5.88 Å². The average Bonchev–Trinajstić information content (AvgIpc) is 2.40. The molecule has 94 valence electrons. The van der Waals surface area contributed by atoms with Crippen molar-refractivity contribution < 1.29 is 9.13 Å². The summed E-state index contributed by atoms with van der Waals surface area (Å²) >= 11 is 0. The second kappa shape index (κ2) is 6.07. The fourth-order valence-corrected chi connectivity index (χ4v) is 1.47. The van der Waals surface area contributed by atoms with Crippen LogP contribution >= 0.6 is 0 Å². The van der Waals surface area contributed by atoms with Crippen molar-refractivity contribution in [1.29, 1.82) is 0 Å². The van der Waals surface area contributed by atoms with E-state index in [0.717, 1.165) is 5.69 Å². The minimum atomic E-state index is -0.280. The van der Waals surface area contributed by atoms with Gasteiger partial charge in [0.2, 0.25) is 5.88 Å². The monoisotopic (exact) mass is 247 g/mol. The Bertz CT molecular complexity index is 502. The highest BCUT2D eigenvalue weighted by Crippen LogP contribution is 2.11. The number of halogens is 1. The predicted octanol–water partition coefficient (Wildman–Crippen LogP) is 1.91. The zero-order valence-corrected chi connectivity index (χ0v) is 10.1. The van der Waals surface area contributed by atoms with E-state index in [1.54, 1.807) is 24.3 Å². The summed E-state index contributed by atoms with van der Waals surface area (Å²) in [5.41, 5.74) is 1.33. The van der Waals surface area contributed by atoms with E-state index in [4.69, 9.17) is 4.74 Å². The van der Waals surface area contributed by atoms with E-state index in [1.807, 2.05) is 13.1 Å². The summed E-state index contributed by atoms with van der Waals surface area (Å²) in [4.78, 5) is 0. The molecular formula is C13H14FN3O. The van der Waals surface area contributed by atoms with Crippen LogP contribution in [0.2, 0.25) is 0 Å². The summed E-state index contributed by atoms with van der Waals surface area (Å²) < 4.78 is 18.7. The van der Waals surface area contributed by atoms with Crippen molar-refractivity contribution >= 4 is 0 Å². The van der Waals surface area contributed by atoms with Crippen LogP contribution in [0.3, 0.4) is 0 Å². The molecule has 0 aliphatic rings. The molecule has 0 unspecified atom stereocenters. The van der Waals surface area contributed by atoms with Gasteiger partial charge in [-0.15, -0.1) is 5.10 Å². The molecule has 0 bridgehead atoms. The Kier molecular flexibility index (Phi) is 4.20. The SMILES string of the molecule is CNCc1ccc(OCc2ccccc2F)nn1. The number of nitrogens with zero attached hydrogens (tertiary/aromatic N) is 2. The minimum absolute atomic E-state index is 0.146. The molecule has 0 aliphatic heterocycles. The second-order valence-electron chi connectivity index (χ2n) is 3.77. The summed E-state index contributed by atoms with van der Waals surface area (Å²) in [6.07, 6.45) is 0. The molecular weight excluding hydrogens is 233 g/mol. The molecule has 5 heteroatoms. The zero-order valence-electron chi connectivity index (χ0n) is 10.1. The van der Waals surface area contributed by atoms with Gasteiger partial charge in [-0.05, 0) is 19.2 Å². The van der Waals surface area contributed by atoms with Gasteiger partial charge in [0.15, 0.2) is 0 Å². The van der Waals surface area contributed by atoms with E-state index >= 15 is 0 Å². The quantitative estimate of drug-likeness (QED) is 0.876. The van der Waals surface area contributed by atoms with Gasteiger partial charge < -0.3 is 10.1 Å². The fourth-order valence-electron chi connectivity index (χ4n) is 1.47. The first kappa shape index (κ1) is 12.4. The highest BCUT2D eigenvalue weighted by Gasteiger charge is 2.03. The number of hydrogen-bond acceptors (Lipinski definition) is 4. The zero-order chi connectivity index (χ0) is 12.8. The Balaban J connectivity index is 1.96. The van der Waals surface area contributed by atoms with E-state index in [2.05, 4.69) is 15.5 Å². The van der Waals surface area contributed by atoms with E-state index in [1.165, 1.54) is 6.07 Å². The lowest BCUT2D eigenvalue weighted by molar-refractivity contribution is 0.284. The molecule has 0 spiro atoms. The van der Waals surface area contributed by atoms with Gasteiger partial charge in [-0.25, -0.2) is 4.39 Å². The molecule has 0 atom stereocenters. The topological polar surface area (TPSA) is 47.0 Å². The lowest BCUT2D eigenvalue weighted by Crippen LogP contribution is -2.08. The maximum atomic E-state index is 13.3. The first-order valence-corrected chi connectivity index (χ1v) is 5.63. The standard InChI is InChI=1S/C13H14FN3O/c1-15-8-11-6-7-13(17-16-11)18-9-10-4-2-3-5-12(10)14/h2-7,15H,8-9H2,1H3. The van der Waals surface area contributed by atoms with Crippen molar-refractivity contribution in [2.45, 2.75) is 13.2 Å². The predicted molar refractivity (Wildman–Crippen MR) is 65.5 cm³/mol. The van der Waals surface area contributed by atoms with Crippen molar-refractivity contribution in [3.8, 4) is 5.88 Å². The van der Waals surface area contributed by atoms with Gasteiger partial charge in [-0.2, -0.15) is 5.10 Å². The summed E-state index contributed by atoms with van der Waals surface area (Å²) in [6, 6.07) is 10.0. The first-order valence-electron chi connectivity index (χ1n) is 5.63. The van der Waals surface area contributed by atoms with Gasteiger partial charge in [0.25, 0.3) is 0 Å². The number of ether oxygens (including phenoxy) is 1. The number of rotatable bonds is 5. The van der Waals surface area contributed by atoms with Gasteiger partial charge in [-0.3, -0.25) is 0 Å². The van der Waals surface area contributed by atoms with Crippen LogP contribution in [-0.2, 0) is 13.2 Å². The van der Waals surface area contributed by atoms with E-state index in [0.29, 0.717) is 18.0 Å². The van der Waals surface area contributed by atoms with Crippen molar-refractivity contribution in [1.82, 2.24) is 15.5 Å². The average molecular weight is 247 g/mol. The van der Waals surface area contributed by atoms with Crippen LogP contribution in [-0.4, -0.2) is 17.2 Å². The molecule has 0 radical (unpaired) electrons. The Morgan fingerprint density at radius 3 is 2.67 bits per heavy atom. The number of nitrogens with one attached hydrogen (secondary N) is 1. The Morgan fingerprint density at radius 2 is 2.00 bits per heavy atom. The third-order valence-corrected chi connectivity index (χ3v) is 2.39. The summed E-state index contributed by atoms with van der Waals surface area (Å²) in [7, 11) is 1.84. The molecule has 1 aromatic carbocycles. The third-order valence-electron chi connectivity index (χ3n) is 2.39. The minimum Gasteiger partial charge on any atom is -0.472 e. The van der Waals surface area contributed by atoms with Gasteiger partial charge in [0.05, 0.1) is 5.69 Å². The van der Waals surface area contributed by atoms with E-state index in [9.17, 15) is 4.39 Å². The summed E-state index contributed by atoms with van der Waals surface area (Å²) in [5.74, 6) is 0.107. The van der Waals surface area contributed by atoms with Crippen molar-refractivity contribution in [3.05, 3.63) is 53.5 Å². The van der Waals surface area contributed by atoms with Gasteiger partial charge >= 0.3 is 0 Å². The van der Waals surface area contributed by atoms with Crippen LogP contribution in [0.1, 0.15) is 11.3 Å². The van der Waals surface area contributed by atoms with Crippen LogP contribution in [0.4, 0.5) is 4.39 Å². The molecule has 1 N–H and O–H groups in total. The van der Waals surface area contributed by atoms with Crippen LogP contribution in [0.15, 0.2) is 36.4 Å². The Morgan fingerprint density at radius 1 is 1.17 bits per heavy atom. The molecule has 0 amide bonds. The number of benzene rings is 1. The molecule has 0 saturated heterocycles. The van der Waals surface area contributed by atoms with Gasteiger partial charge in [0, 0.05) is 18.2 Å². The van der Waals surface area contributed by atoms with Gasteiger partial charge in [-0.1, -0.05) is 18.2 Å². The van der Waals surface area contributed by atoms with Crippen molar-refractivity contribution in [3.63, 3.8) is 0 Å². The normalized spacial score (nSPS) is 10.3. The second-order valence-corrected chi connectivity index (χ2v) is 3.77.